The smallest absolute Gasteiger partial charge is 0.332 e. The number of hydrogen-bond acceptors (Lipinski definition) is 4. The van der Waals surface area contributed by atoms with Gasteiger partial charge < -0.3 is 9.47 Å². The molecule has 1 rings (SSSR count). The van der Waals surface area contributed by atoms with E-state index in [1.54, 1.807) is 13.8 Å². The maximum absolute atomic E-state index is 11.4. The minimum atomic E-state index is -1.20. The Kier molecular flexibility index (Phi) is 2.70. The maximum Gasteiger partial charge on any atom is 0.332 e. The fourth-order valence-corrected chi connectivity index (χ4v) is 1.20. The monoisotopic (exact) mass is 184 g/mol. The molecule has 1 unspecified atom stereocenters. The van der Waals surface area contributed by atoms with E-state index in [9.17, 15) is 9.59 Å². The summed E-state index contributed by atoms with van der Waals surface area (Å²) in [6.07, 6.45) is 3.05. The quantitative estimate of drug-likeness (QED) is 0.485. The van der Waals surface area contributed by atoms with Gasteiger partial charge in [0.1, 0.15) is 0 Å². The van der Waals surface area contributed by atoms with E-state index in [-0.39, 0.29) is 6.61 Å². The van der Waals surface area contributed by atoms with Crippen LogP contribution in [0, 0.1) is 5.41 Å². The normalized spacial score (nSPS) is 25.8. The minimum Gasteiger partial charge on any atom is -0.465 e. The number of hydrogen-bond donors (Lipinski definition) is 0. The highest BCUT2D eigenvalue weighted by molar-refractivity contribution is 6.03. The van der Waals surface area contributed by atoms with Crippen LogP contribution in [0.15, 0.2) is 12.3 Å². The molecule has 72 valence electrons. The molecular weight excluding hydrogens is 172 g/mol. The summed E-state index contributed by atoms with van der Waals surface area (Å²) in [6, 6.07) is 0. The Labute approximate surface area is 76.5 Å². The Bertz CT molecular complexity index is 256. The molecule has 0 aromatic carbocycles. The van der Waals surface area contributed by atoms with Gasteiger partial charge in [-0.2, -0.15) is 0 Å². The van der Waals surface area contributed by atoms with Gasteiger partial charge in [-0.05, 0) is 19.4 Å². The van der Waals surface area contributed by atoms with Crippen molar-refractivity contribution in [2.45, 2.75) is 20.3 Å². The van der Waals surface area contributed by atoms with Crippen molar-refractivity contribution in [2.75, 3.05) is 6.61 Å². The van der Waals surface area contributed by atoms with E-state index in [1.165, 1.54) is 12.3 Å². The molecule has 0 saturated carbocycles. The van der Waals surface area contributed by atoms with Crippen molar-refractivity contribution in [3.63, 3.8) is 0 Å². The van der Waals surface area contributed by atoms with Gasteiger partial charge in [-0.15, -0.1) is 0 Å². The predicted octanol–water partition coefficient (Wildman–Crippen LogP) is 1.02. The van der Waals surface area contributed by atoms with Gasteiger partial charge in [-0.3, -0.25) is 9.59 Å². The second kappa shape index (κ2) is 3.60. The lowest BCUT2D eigenvalue weighted by Gasteiger charge is -2.18. The summed E-state index contributed by atoms with van der Waals surface area (Å²) in [4.78, 5) is 22.7. The molecule has 1 atom stereocenters. The molecule has 1 aliphatic rings. The fraction of sp³-hybridized carbons (Fsp3) is 0.556. The Morgan fingerprint density at radius 3 is 2.69 bits per heavy atom. The highest BCUT2D eigenvalue weighted by Crippen LogP contribution is 2.31. The molecule has 0 spiro atoms. The van der Waals surface area contributed by atoms with Gasteiger partial charge in [0.2, 0.25) is 0 Å². The summed E-state index contributed by atoms with van der Waals surface area (Å²) in [5, 5.41) is 0. The predicted molar refractivity (Wildman–Crippen MR) is 44.6 cm³/mol. The topological polar surface area (TPSA) is 52.6 Å². The van der Waals surface area contributed by atoms with Crippen LogP contribution in [-0.2, 0) is 19.1 Å². The Balaban J connectivity index is 2.86. The minimum absolute atomic E-state index is 0.266. The summed E-state index contributed by atoms with van der Waals surface area (Å²) in [5.41, 5.74) is -1.20. The summed E-state index contributed by atoms with van der Waals surface area (Å²) in [5.74, 6) is -1.08. The second-order valence-corrected chi connectivity index (χ2v) is 2.75. The van der Waals surface area contributed by atoms with Gasteiger partial charge in [0.15, 0.2) is 5.41 Å². The highest BCUT2D eigenvalue weighted by atomic mass is 16.6. The van der Waals surface area contributed by atoms with Gasteiger partial charge in [-0.1, -0.05) is 6.92 Å². The largest absolute Gasteiger partial charge is 0.465 e. The molecule has 0 aromatic heterocycles. The van der Waals surface area contributed by atoms with Gasteiger partial charge in [0, 0.05) is 0 Å². The Morgan fingerprint density at radius 2 is 2.31 bits per heavy atom. The molecule has 0 amide bonds. The average molecular weight is 184 g/mol. The van der Waals surface area contributed by atoms with Crippen molar-refractivity contribution >= 4 is 11.9 Å². The van der Waals surface area contributed by atoms with Crippen LogP contribution in [0.3, 0.4) is 0 Å². The lowest BCUT2D eigenvalue weighted by atomic mass is 9.86. The van der Waals surface area contributed by atoms with Crippen LogP contribution >= 0.6 is 0 Å². The summed E-state index contributed by atoms with van der Waals surface area (Å²) < 4.78 is 9.41. The van der Waals surface area contributed by atoms with Gasteiger partial charge in [-0.25, -0.2) is 0 Å². The zero-order valence-corrected chi connectivity index (χ0v) is 7.70. The number of carbonyl (C=O) groups excluding carboxylic acids is 2. The van der Waals surface area contributed by atoms with Crippen LogP contribution in [0.5, 0.6) is 0 Å². The number of ether oxygens (including phenoxy) is 2. The first-order valence-corrected chi connectivity index (χ1v) is 4.23. The SMILES string of the molecule is CCOC(=O)C1(CC)C=COC1=O. The number of esters is 2. The van der Waals surface area contributed by atoms with Crippen LogP contribution < -0.4 is 0 Å². The van der Waals surface area contributed by atoms with Crippen molar-refractivity contribution in [2.24, 2.45) is 5.41 Å². The lowest BCUT2D eigenvalue weighted by Crippen LogP contribution is -2.36. The molecule has 0 fully saturated rings. The standard InChI is InChI=1S/C9H12O4/c1-3-9(7(10)12-4-2)5-6-13-8(9)11/h5-6H,3-4H2,1-2H3. The first-order valence-electron chi connectivity index (χ1n) is 4.23. The van der Waals surface area contributed by atoms with Gasteiger partial charge in [0.05, 0.1) is 12.9 Å². The van der Waals surface area contributed by atoms with Crippen LogP contribution in [0.2, 0.25) is 0 Å². The third-order valence-electron chi connectivity index (χ3n) is 2.09. The molecule has 4 heteroatoms. The van der Waals surface area contributed by atoms with Crippen molar-refractivity contribution < 1.29 is 19.1 Å². The van der Waals surface area contributed by atoms with E-state index in [0.717, 1.165) is 0 Å². The molecular formula is C9H12O4. The van der Waals surface area contributed by atoms with E-state index >= 15 is 0 Å². The van der Waals surface area contributed by atoms with Crippen molar-refractivity contribution in [1.82, 2.24) is 0 Å². The van der Waals surface area contributed by atoms with E-state index in [1.807, 2.05) is 0 Å². The number of rotatable bonds is 3. The van der Waals surface area contributed by atoms with Gasteiger partial charge >= 0.3 is 11.9 Å². The first-order chi connectivity index (χ1) is 6.17. The third kappa shape index (κ3) is 1.43. The van der Waals surface area contributed by atoms with E-state index in [0.29, 0.717) is 6.42 Å². The number of cyclic esters (lactones) is 1. The van der Waals surface area contributed by atoms with Gasteiger partial charge in [0.25, 0.3) is 0 Å². The first kappa shape index (κ1) is 9.77. The lowest BCUT2D eigenvalue weighted by molar-refractivity contribution is -0.162. The molecule has 0 aromatic rings. The van der Waals surface area contributed by atoms with E-state index in [2.05, 4.69) is 4.74 Å². The van der Waals surface area contributed by atoms with Crippen molar-refractivity contribution in [3.05, 3.63) is 12.3 Å². The molecule has 4 nitrogen and oxygen atoms in total. The number of carbonyl (C=O) groups is 2. The summed E-state index contributed by atoms with van der Waals surface area (Å²) >= 11 is 0. The average Bonchev–Trinajstić information content (AvgIpc) is 2.48. The molecule has 0 saturated heterocycles. The molecule has 0 radical (unpaired) electrons. The molecule has 13 heavy (non-hydrogen) atoms. The third-order valence-corrected chi connectivity index (χ3v) is 2.09. The maximum atomic E-state index is 11.4. The van der Waals surface area contributed by atoms with E-state index in [4.69, 9.17) is 4.74 Å². The second-order valence-electron chi connectivity index (χ2n) is 2.75. The zero-order chi connectivity index (χ0) is 9.90. The molecule has 1 heterocycles. The molecule has 0 aliphatic carbocycles. The van der Waals surface area contributed by atoms with Crippen LogP contribution in [0.25, 0.3) is 0 Å². The van der Waals surface area contributed by atoms with Crippen molar-refractivity contribution in [1.29, 1.82) is 0 Å². The Morgan fingerprint density at radius 1 is 1.62 bits per heavy atom. The fourth-order valence-electron chi connectivity index (χ4n) is 1.20. The zero-order valence-electron chi connectivity index (χ0n) is 7.70. The van der Waals surface area contributed by atoms with Crippen molar-refractivity contribution in [3.8, 4) is 0 Å². The van der Waals surface area contributed by atoms with Crippen LogP contribution in [0.1, 0.15) is 20.3 Å². The summed E-state index contributed by atoms with van der Waals surface area (Å²) in [7, 11) is 0. The van der Waals surface area contributed by atoms with Crippen LogP contribution in [-0.4, -0.2) is 18.5 Å². The van der Waals surface area contributed by atoms with E-state index < -0.39 is 17.4 Å². The summed E-state index contributed by atoms with van der Waals surface area (Å²) in [6.45, 7) is 3.71. The Hall–Kier alpha value is -1.32. The molecule has 0 N–H and O–H groups in total. The molecule has 0 bridgehead atoms. The highest BCUT2D eigenvalue weighted by Gasteiger charge is 2.48. The van der Waals surface area contributed by atoms with Crippen LogP contribution in [0.4, 0.5) is 0 Å². The molecule has 1 aliphatic heterocycles.